The Morgan fingerprint density at radius 2 is 1.07 bits per heavy atom. The molecule has 0 aliphatic carbocycles. The van der Waals surface area contributed by atoms with E-state index in [1.54, 1.807) is 0 Å². The lowest BCUT2D eigenvalue weighted by Gasteiger charge is -2.39. The van der Waals surface area contributed by atoms with E-state index >= 15 is 0 Å². The van der Waals surface area contributed by atoms with Gasteiger partial charge in [-0.2, -0.15) is 0 Å². The molecule has 4 N–H and O–H groups in total. The molecule has 6 atom stereocenters. The van der Waals surface area contributed by atoms with Gasteiger partial charge in [0.2, 0.25) is 0 Å². The molecule has 0 saturated carbocycles. The van der Waals surface area contributed by atoms with Crippen LogP contribution in [-0.4, -0.2) is 89.0 Å². The molecule has 10 nitrogen and oxygen atoms in total. The molecule has 0 aromatic carbocycles. The van der Waals surface area contributed by atoms with Crippen LogP contribution in [0.25, 0.3) is 0 Å². The van der Waals surface area contributed by atoms with E-state index in [-0.39, 0.29) is 26.1 Å². The van der Waals surface area contributed by atoms with Gasteiger partial charge in [0.1, 0.15) is 31.0 Å². The first-order valence-electron chi connectivity index (χ1n) is 21.7. The average Bonchev–Trinajstić information content (AvgIpc) is 3.18. The molecule has 1 rings (SSSR count). The summed E-state index contributed by atoms with van der Waals surface area (Å²) in [4.78, 5) is 25.3. The van der Waals surface area contributed by atoms with Gasteiger partial charge in [-0.1, -0.05) is 133 Å². The highest BCUT2D eigenvalue weighted by atomic mass is 16.7. The Bertz CT molecular complexity index is 1040. The fourth-order valence-corrected chi connectivity index (χ4v) is 6.21. The van der Waals surface area contributed by atoms with Gasteiger partial charge in [0.05, 0.1) is 13.2 Å². The minimum absolute atomic E-state index is 0.183. The number of allylic oxidation sites excluding steroid dienone is 8. The Morgan fingerprint density at radius 1 is 0.582 bits per heavy atom. The number of unbranched alkanes of at least 4 members (excludes halogenated alkanes) is 17. The average molecular weight is 779 g/mol. The second-order valence-electron chi connectivity index (χ2n) is 14.8. The Balaban J connectivity index is 2.39. The predicted molar refractivity (Wildman–Crippen MR) is 219 cm³/mol. The van der Waals surface area contributed by atoms with Gasteiger partial charge < -0.3 is 39.4 Å². The van der Waals surface area contributed by atoms with Crippen molar-refractivity contribution in [1.82, 2.24) is 0 Å². The van der Waals surface area contributed by atoms with E-state index in [1.807, 2.05) is 0 Å². The molecular formula is C45H78O10. The molecule has 2 unspecified atom stereocenters. The first-order chi connectivity index (χ1) is 26.8. The molecule has 0 amide bonds. The molecular weight excluding hydrogens is 700 g/mol. The first kappa shape index (κ1) is 50.7. The number of aliphatic hydroxyl groups is 4. The highest BCUT2D eigenvalue weighted by molar-refractivity contribution is 5.70. The predicted octanol–water partition coefficient (Wildman–Crippen LogP) is 8.88. The zero-order valence-electron chi connectivity index (χ0n) is 34.4. The van der Waals surface area contributed by atoms with Gasteiger partial charge in [0.15, 0.2) is 12.4 Å². The summed E-state index contributed by atoms with van der Waals surface area (Å²) in [5, 5.41) is 40.0. The lowest BCUT2D eigenvalue weighted by molar-refractivity contribution is -0.305. The van der Waals surface area contributed by atoms with Gasteiger partial charge in [-0.05, 0) is 70.6 Å². The molecule has 1 aliphatic rings. The maximum atomic E-state index is 12.7. The van der Waals surface area contributed by atoms with E-state index in [9.17, 15) is 30.0 Å². The topological polar surface area (TPSA) is 152 Å². The third kappa shape index (κ3) is 27.8. The fourth-order valence-electron chi connectivity index (χ4n) is 6.21. The van der Waals surface area contributed by atoms with E-state index in [0.717, 1.165) is 64.2 Å². The molecule has 0 radical (unpaired) electrons. The Hall–Kier alpha value is -2.34. The van der Waals surface area contributed by atoms with Crippen molar-refractivity contribution in [2.24, 2.45) is 0 Å². The van der Waals surface area contributed by atoms with Crippen LogP contribution in [0, 0.1) is 0 Å². The van der Waals surface area contributed by atoms with E-state index in [4.69, 9.17) is 18.9 Å². The van der Waals surface area contributed by atoms with Gasteiger partial charge in [-0.3, -0.25) is 9.59 Å². The number of ether oxygens (including phenoxy) is 4. The van der Waals surface area contributed by atoms with Crippen molar-refractivity contribution in [2.75, 3.05) is 19.8 Å². The van der Waals surface area contributed by atoms with Crippen molar-refractivity contribution in [3.63, 3.8) is 0 Å². The molecule has 318 valence electrons. The third-order valence-corrected chi connectivity index (χ3v) is 9.71. The quantitative estimate of drug-likeness (QED) is 0.0213. The standard InChI is InChI=1S/C45H78O10/c1-3-5-7-9-11-13-15-17-19-21-23-25-27-29-31-33-40(47)52-36-38(37-53-45-44(51)43(50)42(49)39(35-46)55-45)54-41(48)34-32-30-28-26-24-22-20-18-16-14-12-10-8-6-4-2/h13,15,17-20,24,26,38-39,42-46,49-51H,3-12,14,16,21-23,25,27-37H2,1-2H3/b15-13+,19-17+,20-18+,26-24+/t38-,39-,42+,43?,44?,45-/m0/s1. The second-order valence-corrected chi connectivity index (χ2v) is 14.8. The van der Waals surface area contributed by atoms with Crippen molar-refractivity contribution in [1.29, 1.82) is 0 Å². The minimum atomic E-state index is -1.60. The summed E-state index contributed by atoms with van der Waals surface area (Å²) in [7, 11) is 0. The molecule has 0 bridgehead atoms. The van der Waals surface area contributed by atoms with Gasteiger partial charge in [-0.25, -0.2) is 0 Å². The van der Waals surface area contributed by atoms with Crippen molar-refractivity contribution in [3.8, 4) is 0 Å². The maximum Gasteiger partial charge on any atom is 0.306 e. The lowest BCUT2D eigenvalue weighted by atomic mass is 9.99. The Morgan fingerprint density at radius 3 is 1.67 bits per heavy atom. The first-order valence-corrected chi connectivity index (χ1v) is 21.7. The highest BCUT2D eigenvalue weighted by Gasteiger charge is 2.44. The summed E-state index contributed by atoms with van der Waals surface area (Å²) in [5.74, 6) is -0.865. The van der Waals surface area contributed by atoms with Crippen molar-refractivity contribution in [3.05, 3.63) is 48.6 Å². The molecule has 0 spiro atoms. The molecule has 1 saturated heterocycles. The highest BCUT2D eigenvalue weighted by Crippen LogP contribution is 2.22. The number of hydrogen-bond acceptors (Lipinski definition) is 10. The van der Waals surface area contributed by atoms with Crippen LogP contribution in [0.1, 0.15) is 168 Å². The Kier molecular flexibility index (Phi) is 33.2. The minimum Gasteiger partial charge on any atom is -0.462 e. The van der Waals surface area contributed by atoms with Crippen LogP contribution >= 0.6 is 0 Å². The van der Waals surface area contributed by atoms with Gasteiger partial charge in [0.25, 0.3) is 0 Å². The lowest BCUT2D eigenvalue weighted by Crippen LogP contribution is -2.59. The van der Waals surface area contributed by atoms with E-state index < -0.39 is 55.4 Å². The van der Waals surface area contributed by atoms with Gasteiger partial charge in [0, 0.05) is 12.8 Å². The molecule has 1 heterocycles. The van der Waals surface area contributed by atoms with Crippen molar-refractivity contribution >= 4 is 11.9 Å². The molecule has 55 heavy (non-hydrogen) atoms. The zero-order valence-corrected chi connectivity index (χ0v) is 34.4. The van der Waals surface area contributed by atoms with E-state index in [2.05, 4.69) is 62.5 Å². The van der Waals surface area contributed by atoms with Crippen LogP contribution in [0.5, 0.6) is 0 Å². The van der Waals surface area contributed by atoms with Crippen LogP contribution in [0.3, 0.4) is 0 Å². The Labute approximate surface area is 333 Å². The van der Waals surface area contributed by atoms with Crippen molar-refractivity contribution in [2.45, 2.75) is 205 Å². The number of esters is 2. The van der Waals surface area contributed by atoms with Crippen LogP contribution in [-0.2, 0) is 28.5 Å². The van der Waals surface area contributed by atoms with Crippen LogP contribution < -0.4 is 0 Å². The van der Waals surface area contributed by atoms with E-state index in [1.165, 1.54) is 64.2 Å². The zero-order chi connectivity index (χ0) is 40.2. The van der Waals surface area contributed by atoms with Gasteiger partial charge in [-0.15, -0.1) is 0 Å². The fraction of sp³-hybridized carbons (Fsp3) is 0.778. The summed E-state index contributed by atoms with van der Waals surface area (Å²) in [6, 6.07) is 0. The summed E-state index contributed by atoms with van der Waals surface area (Å²) in [5.41, 5.74) is 0. The van der Waals surface area contributed by atoms with E-state index in [0.29, 0.717) is 12.8 Å². The molecule has 0 aromatic rings. The van der Waals surface area contributed by atoms with Crippen LogP contribution in [0.2, 0.25) is 0 Å². The molecule has 1 fully saturated rings. The summed E-state index contributed by atoms with van der Waals surface area (Å²) < 4.78 is 22.1. The smallest absolute Gasteiger partial charge is 0.306 e. The second kappa shape index (κ2) is 36.0. The molecule has 1 aliphatic heterocycles. The van der Waals surface area contributed by atoms with Gasteiger partial charge >= 0.3 is 11.9 Å². The summed E-state index contributed by atoms with van der Waals surface area (Å²) in [6.45, 7) is 3.33. The van der Waals surface area contributed by atoms with Crippen molar-refractivity contribution < 1.29 is 49.0 Å². The number of carbonyl (C=O) groups is 2. The summed E-state index contributed by atoms with van der Waals surface area (Å²) in [6.07, 6.45) is 34.0. The maximum absolute atomic E-state index is 12.7. The number of hydrogen-bond donors (Lipinski definition) is 4. The monoisotopic (exact) mass is 779 g/mol. The largest absolute Gasteiger partial charge is 0.462 e. The molecule has 0 aromatic heterocycles. The number of carbonyl (C=O) groups excluding carboxylic acids is 2. The third-order valence-electron chi connectivity index (χ3n) is 9.71. The molecule has 10 heteroatoms. The number of rotatable bonds is 35. The number of aliphatic hydroxyl groups excluding tert-OH is 4. The van der Waals surface area contributed by atoms with Crippen LogP contribution in [0.15, 0.2) is 48.6 Å². The normalized spacial score (nSPS) is 21.0. The van der Waals surface area contributed by atoms with Crippen LogP contribution in [0.4, 0.5) is 0 Å². The summed E-state index contributed by atoms with van der Waals surface area (Å²) >= 11 is 0. The SMILES string of the molecule is CCCCCC/C=C/C=C/CCCCCCCC(=O)OC[C@@H](CO[C@H]1O[C@@H](CO)[C@@H](O)C(O)C1O)OC(=O)CCCC/C=C/C/C=C/CCCCCCCC.